The number of anilines is 1. The summed E-state index contributed by atoms with van der Waals surface area (Å²) in [5.41, 5.74) is 2.89. The third kappa shape index (κ3) is 8.32. The van der Waals surface area contributed by atoms with E-state index in [0.29, 0.717) is 17.9 Å². The number of ether oxygens (including phenoxy) is 1. The van der Waals surface area contributed by atoms with Gasteiger partial charge in [-0.15, -0.1) is 0 Å². The molecule has 0 aliphatic rings. The average Bonchev–Trinajstić information content (AvgIpc) is 2.93. The number of carbonyl (C=O) groups excluding carboxylic acids is 2. The number of sulfonamides is 1. The summed E-state index contributed by atoms with van der Waals surface area (Å²) in [7, 11) is -2.26. The van der Waals surface area contributed by atoms with Crippen LogP contribution >= 0.6 is 0 Å². The van der Waals surface area contributed by atoms with E-state index in [0.717, 1.165) is 27.3 Å². The average molecular weight is 566 g/mol. The molecule has 0 bridgehead atoms. The minimum Gasteiger partial charge on any atom is -0.497 e. The van der Waals surface area contributed by atoms with Crippen molar-refractivity contribution < 1.29 is 22.7 Å². The largest absolute Gasteiger partial charge is 0.497 e. The van der Waals surface area contributed by atoms with E-state index < -0.39 is 28.5 Å². The lowest BCUT2D eigenvalue weighted by Crippen LogP contribution is -2.54. The number of rotatable bonds is 13. The number of hydrogen-bond donors (Lipinski definition) is 1. The predicted molar refractivity (Wildman–Crippen MR) is 159 cm³/mol. The second-order valence-electron chi connectivity index (χ2n) is 9.99. The van der Waals surface area contributed by atoms with Crippen molar-refractivity contribution in [3.05, 3.63) is 95.6 Å². The van der Waals surface area contributed by atoms with Gasteiger partial charge in [0.15, 0.2) is 0 Å². The molecule has 40 heavy (non-hydrogen) atoms. The van der Waals surface area contributed by atoms with Crippen LogP contribution in [0.3, 0.4) is 0 Å². The van der Waals surface area contributed by atoms with E-state index in [2.05, 4.69) is 5.32 Å². The van der Waals surface area contributed by atoms with Gasteiger partial charge >= 0.3 is 0 Å². The van der Waals surface area contributed by atoms with E-state index >= 15 is 0 Å². The summed E-state index contributed by atoms with van der Waals surface area (Å²) in [6.45, 7) is 5.30. The fourth-order valence-electron chi connectivity index (χ4n) is 4.55. The molecule has 0 saturated heterocycles. The van der Waals surface area contributed by atoms with Crippen molar-refractivity contribution in [2.75, 3.05) is 24.2 Å². The Labute approximate surface area is 238 Å². The number of hydrogen-bond acceptors (Lipinski definition) is 5. The fraction of sp³-hybridized carbons (Fsp3) is 0.355. The molecule has 8 nitrogen and oxygen atoms in total. The van der Waals surface area contributed by atoms with Gasteiger partial charge < -0.3 is 15.0 Å². The molecule has 0 saturated carbocycles. The Hall–Kier alpha value is -3.85. The third-order valence-electron chi connectivity index (χ3n) is 6.51. The maximum Gasteiger partial charge on any atom is 0.244 e. The van der Waals surface area contributed by atoms with Gasteiger partial charge in [0.05, 0.1) is 19.1 Å². The molecule has 3 aromatic carbocycles. The Morgan fingerprint density at radius 2 is 1.57 bits per heavy atom. The first-order valence-corrected chi connectivity index (χ1v) is 15.2. The van der Waals surface area contributed by atoms with E-state index in [1.54, 1.807) is 31.4 Å². The quantitative estimate of drug-likeness (QED) is 0.335. The zero-order chi connectivity index (χ0) is 29.3. The molecule has 214 valence electrons. The van der Waals surface area contributed by atoms with Gasteiger partial charge in [-0.3, -0.25) is 13.9 Å². The molecule has 1 atom stereocenters. The van der Waals surface area contributed by atoms with E-state index in [9.17, 15) is 18.0 Å². The number of carbonyl (C=O) groups is 2. The van der Waals surface area contributed by atoms with Gasteiger partial charge in [-0.2, -0.15) is 0 Å². The Kier molecular flexibility index (Phi) is 10.7. The summed E-state index contributed by atoms with van der Waals surface area (Å²) in [6.07, 6.45) is 1.95. The smallest absolute Gasteiger partial charge is 0.244 e. The van der Waals surface area contributed by atoms with Crippen LogP contribution in [-0.4, -0.2) is 57.1 Å². The van der Waals surface area contributed by atoms with E-state index in [4.69, 9.17) is 4.74 Å². The van der Waals surface area contributed by atoms with E-state index in [-0.39, 0.29) is 24.9 Å². The van der Waals surface area contributed by atoms with Crippen LogP contribution < -0.4 is 14.4 Å². The monoisotopic (exact) mass is 565 g/mol. The van der Waals surface area contributed by atoms with Crippen molar-refractivity contribution in [2.24, 2.45) is 0 Å². The summed E-state index contributed by atoms with van der Waals surface area (Å²) in [4.78, 5) is 29.2. The summed E-state index contributed by atoms with van der Waals surface area (Å²) >= 11 is 0. The van der Waals surface area contributed by atoms with E-state index in [1.165, 1.54) is 4.90 Å². The zero-order valence-electron chi connectivity index (χ0n) is 23.8. The molecule has 3 aromatic rings. The summed E-state index contributed by atoms with van der Waals surface area (Å²) in [5.74, 6) is -0.181. The summed E-state index contributed by atoms with van der Waals surface area (Å²) in [5, 5.41) is 2.95. The highest BCUT2D eigenvalue weighted by atomic mass is 32.2. The third-order valence-corrected chi connectivity index (χ3v) is 7.64. The zero-order valence-corrected chi connectivity index (χ0v) is 24.6. The molecule has 1 unspecified atom stereocenters. The van der Waals surface area contributed by atoms with E-state index in [1.807, 2.05) is 75.4 Å². The molecule has 0 aliphatic carbocycles. The van der Waals surface area contributed by atoms with Crippen LogP contribution in [0.25, 0.3) is 0 Å². The van der Waals surface area contributed by atoms with Gasteiger partial charge in [-0.1, -0.05) is 67.6 Å². The van der Waals surface area contributed by atoms with Crippen LogP contribution in [0.4, 0.5) is 5.69 Å². The molecule has 2 amide bonds. The van der Waals surface area contributed by atoms with Crippen molar-refractivity contribution in [2.45, 2.75) is 52.2 Å². The lowest BCUT2D eigenvalue weighted by molar-refractivity contribution is -0.140. The summed E-state index contributed by atoms with van der Waals surface area (Å²) < 4.78 is 32.5. The Bertz CT molecular complexity index is 1390. The SMILES string of the molecule is CCc1ccccc1N(CC(=O)N(Cc1cccc(OC)c1)C(Cc1ccccc1)C(=O)NC(C)C)S(C)(=O)=O. The van der Waals surface area contributed by atoms with Crippen molar-refractivity contribution in [1.29, 1.82) is 0 Å². The van der Waals surface area contributed by atoms with Crippen molar-refractivity contribution in [1.82, 2.24) is 10.2 Å². The Morgan fingerprint density at radius 1 is 0.925 bits per heavy atom. The van der Waals surface area contributed by atoms with Crippen molar-refractivity contribution in [3.8, 4) is 5.75 Å². The number of nitrogens with zero attached hydrogens (tertiary/aromatic N) is 2. The van der Waals surface area contributed by atoms with Crippen LogP contribution in [-0.2, 0) is 39.0 Å². The molecule has 0 aliphatic heterocycles. The highest BCUT2D eigenvalue weighted by Gasteiger charge is 2.33. The topological polar surface area (TPSA) is 96.0 Å². The fourth-order valence-corrected chi connectivity index (χ4v) is 5.43. The van der Waals surface area contributed by atoms with Crippen LogP contribution in [0.15, 0.2) is 78.9 Å². The molecule has 1 N–H and O–H groups in total. The molecule has 0 heterocycles. The number of nitrogens with one attached hydrogen (secondary N) is 1. The standard InChI is InChI=1S/C31H39N3O5S/c1-6-26-16-10-11-18-28(26)34(40(5,37)38)22-30(35)33(21-25-15-12-17-27(19-25)39-4)29(31(36)32-23(2)3)20-24-13-8-7-9-14-24/h7-19,23,29H,6,20-22H2,1-5H3,(H,32,36). The summed E-state index contributed by atoms with van der Waals surface area (Å²) in [6, 6.07) is 22.8. The molecule has 3 rings (SSSR count). The van der Waals surface area contributed by atoms with Crippen molar-refractivity contribution >= 4 is 27.5 Å². The lowest BCUT2D eigenvalue weighted by atomic mass is 10.0. The Balaban J connectivity index is 2.09. The highest BCUT2D eigenvalue weighted by molar-refractivity contribution is 7.92. The van der Waals surface area contributed by atoms with Gasteiger partial charge in [0, 0.05) is 19.0 Å². The molecular weight excluding hydrogens is 526 g/mol. The second kappa shape index (κ2) is 14.0. The van der Waals surface area contributed by atoms with Gasteiger partial charge in [0.2, 0.25) is 21.8 Å². The molecular formula is C31H39N3O5S. The molecule has 9 heteroatoms. The normalized spacial score (nSPS) is 12.1. The van der Waals surface area contributed by atoms with Crippen LogP contribution in [0.2, 0.25) is 0 Å². The molecule has 0 spiro atoms. The lowest BCUT2D eigenvalue weighted by Gasteiger charge is -2.34. The number of aryl methyl sites for hydroxylation is 1. The van der Waals surface area contributed by atoms with Gasteiger partial charge in [0.25, 0.3) is 0 Å². The molecule has 0 radical (unpaired) electrons. The van der Waals surface area contributed by atoms with Gasteiger partial charge in [-0.05, 0) is 55.2 Å². The van der Waals surface area contributed by atoms with Gasteiger partial charge in [0.1, 0.15) is 18.3 Å². The molecule has 0 aromatic heterocycles. The number of para-hydroxylation sites is 1. The maximum absolute atomic E-state index is 14.2. The number of benzene rings is 3. The Morgan fingerprint density at radius 3 is 2.20 bits per heavy atom. The second-order valence-corrected chi connectivity index (χ2v) is 11.9. The maximum atomic E-state index is 14.2. The minimum atomic E-state index is -3.82. The number of amides is 2. The van der Waals surface area contributed by atoms with Gasteiger partial charge in [-0.25, -0.2) is 8.42 Å². The highest BCUT2D eigenvalue weighted by Crippen LogP contribution is 2.25. The predicted octanol–water partition coefficient (Wildman–Crippen LogP) is 4.19. The minimum absolute atomic E-state index is 0.0894. The first-order chi connectivity index (χ1) is 19.0. The number of methoxy groups -OCH3 is 1. The van der Waals surface area contributed by atoms with Crippen LogP contribution in [0, 0.1) is 0 Å². The first-order valence-electron chi connectivity index (χ1n) is 13.4. The molecule has 0 fully saturated rings. The first kappa shape index (κ1) is 30.7. The van der Waals surface area contributed by atoms with Crippen molar-refractivity contribution in [3.63, 3.8) is 0 Å². The van der Waals surface area contributed by atoms with Crippen LogP contribution in [0.1, 0.15) is 37.5 Å². The van der Waals surface area contributed by atoms with Crippen LogP contribution in [0.5, 0.6) is 5.75 Å².